The highest BCUT2D eigenvalue weighted by Gasteiger charge is 2.19. The van der Waals surface area contributed by atoms with Gasteiger partial charge >= 0.3 is 0 Å². The fourth-order valence-corrected chi connectivity index (χ4v) is 1.90. The maximum atomic E-state index is 12.3. The minimum Gasteiger partial charge on any atom is -0.383 e. The van der Waals surface area contributed by atoms with Gasteiger partial charge in [-0.15, -0.1) is 0 Å². The van der Waals surface area contributed by atoms with Crippen LogP contribution in [0.2, 0.25) is 0 Å². The fourth-order valence-electron chi connectivity index (χ4n) is 1.90. The molecule has 19 heavy (non-hydrogen) atoms. The van der Waals surface area contributed by atoms with E-state index in [1.165, 1.54) is 0 Å². The van der Waals surface area contributed by atoms with Crippen LogP contribution >= 0.6 is 0 Å². The smallest absolute Gasteiger partial charge is 0.225 e. The first-order valence-corrected chi connectivity index (χ1v) is 6.93. The zero-order chi connectivity index (χ0) is 14.7. The number of nitrogens with two attached hydrogens (primary N) is 1. The molecule has 110 valence electrons. The van der Waals surface area contributed by atoms with Crippen LogP contribution in [0.1, 0.15) is 39.5 Å². The van der Waals surface area contributed by atoms with E-state index in [2.05, 4.69) is 6.07 Å². The summed E-state index contributed by atoms with van der Waals surface area (Å²) in [5.41, 5.74) is 5.70. The van der Waals surface area contributed by atoms with E-state index < -0.39 is 0 Å². The largest absolute Gasteiger partial charge is 0.383 e. The lowest BCUT2D eigenvalue weighted by Gasteiger charge is -2.25. The standard InChI is InChI=1S/C14H27N3O2/c1-12(6-4-7-13(2)16)14(18)17(9-5-8-15)10-11-19-3/h12-13H,4-7,9-11,16H2,1-3H3. The molecule has 0 aromatic rings. The number of methoxy groups -OCH3 is 1. The Morgan fingerprint density at radius 3 is 2.58 bits per heavy atom. The molecule has 0 aromatic carbocycles. The average Bonchev–Trinajstić information content (AvgIpc) is 2.37. The number of ether oxygens (including phenoxy) is 1. The molecule has 0 rings (SSSR count). The Hall–Kier alpha value is -1.12. The highest BCUT2D eigenvalue weighted by atomic mass is 16.5. The minimum atomic E-state index is -0.0192. The Labute approximate surface area is 116 Å². The van der Waals surface area contributed by atoms with Crippen molar-refractivity contribution in [3.63, 3.8) is 0 Å². The Kier molecular flexibility index (Phi) is 10.1. The molecule has 0 fully saturated rings. The molecule has 2 N–H and O–H groups in total. The van der Waals surface area contributed by atoms with Gasteiger partial charge in [-0.1, -0.05) is 13.3 Å². The van der Waals surface area contributed by atoms with Crippen LogP contribution in [-0.2, 0) is 9.53 Å². The number of carbonyl (C=O) groups excluding carboxylic acids is 1. The van der Waals surface area contributed by atoms with Crippen LogP contribution in [0.4, 0.5) is 0 Å². The van der Waals surface area contributed by atoms with Gasteiger partial charge in [0.2, 0.25) is 5.91 Å². The van der Waals surface area contributed by atoms with E-state index in [0.29, 0.717) is 26.1 Å². The Balaban J connectivity index is 4.22. The van der Waals surface area contributed by atoms with Gasteiger partial charge < -0.3 is 15.4 Å². The summed E-state index contributed by atoms with van der Waals surface area (Å²) in [6.45, 7) is 5.45. The van der Waals surface area contributed by atoms with E-state index in [1.54, 1.807) is 12.0 Å². The molecule has 0 saturated carbocycles. The third kappa shape index (κ3) is 8.57. The second kappa shape index (κ2) is 10.8. The average molecular weight is 269 g/mol. The predicted octanol–water partition coefficient (Wildman–Crippen LogP) is 1.53. The van der Waals surface area contributed by atoms with Crippen LogP contribution in [0.3, 0.4) is 0 Å². The molecule has 5 nitrogen and oxygen atoms in total. The van der Waals surface area contributed by atoms with E-state index in [-0.39, 0.29) is 17.9 Å². The zero-order valence-corrected chi connectivity index (χ0v) is 12.4. The highest BCUT2D eigenvalue weighted by molar-refractivity contribution is 5.78. The van der Waals surface area contributed by atoms with E-state index in [1.807, 2.05) is 13.8 Å². The molecule has 2 unspecified atom stereocenters. The van der Waals surface area contributed by atoms with Gasteiger partial charge in [-0.25, -0.2) is 0 Å². The minimum absolute atomic E-state index is 0.0192. The first kappa shape index (κ1) is 17.9. The number of rotatable bonds is 10. The van der Waals surface area contributed by atoms with E-state index in [9.17, 15) is 4.79 Å². The summed E-state index contributed by atoms with van der Waals surface area (Å²) in [6, 6.07) is 2.26. The summed E-state index contributed by atoms with van der Waals surface area (Å²) in [7, 11) is 1.61. The second-order valence-electron chi connectivity index (χ2n) is 5.04. The summed E-state index contributed by atoms with van der Waals surface area (Å²) in [5, 5.41) is 8.63. The monoisotopic (exact) mass is 269 g/mol. The molecule has 0 bridgehead atoms. The molecule has 5 heteroatoms. The topological polar surface area (TPSA) is 79.3 Å². The number of carbonyl (C=O) groups is 1. The number of amides is 1. The third-order valence-electron chi connectivity index (χ3n) is 3.09. The summed E-state index contributed by atoms with van der Waals surface area (Å²) in [5.74, 6) is 0.0891. The maximum Gasteiger partial charge on any atom is 0.225 e. The van der Waals surface area contributed by atoms with Crippen LogP contribution in [0.15, 0.2) is 0 Å². The SMILES string of the molecule is COCCN(CCC#N)C(=O)C(C)CCCC(C)N. The first-order chi connectivity index (χ1) is 9.02. The maximum absolute atomic E-state index is 12.3. The lowest BCUT2D eigenvalue weighted by Crippen LogP contribution is -2.38. The van der Waals surface area contributed by atoms with Gasteiger partial charge in [-0.05, 0) is 19.8 Å². The van der Waals surface area contributed by atoms with Crippen molar-refractivity contribution in [2.45, 2.75) is 45.6 Å². The van der Waals surface area contributed by atoms with Gasteiger partial charge in [0.05, 0.1) is 19.1 Å². The molecule has 0 saturated heterocycles. The van der Waals surface area contributed by atoms with Gasteiger partial charge in [0.1, 0.15) is 0 Å². The summed E-state index contributed by atoms with van der Waals surface area (Å²) < 4.78 is 5.00. The zero-order valence-electron chi connectivity index (χ0n) is 12.4. The van der Waals surface area contributed by atoms with E-state index in [0.717, 1.165) is 19.3 Å². The van der Waals surface area contributed by atoms with Gasteiger partial charge in [0.15, 0.2) is 0 Å². The lowest BCUT2D eigenvalue weighted by atomic mass is 10.0. The van der Waals surface area contributed by atoms with Gasteiger partial charge in [0.25, 0.3) is 0 Å². The van der Waals surface area contributed by atoms with Crippen molar-refractivity contribution in [3.05, 3.63) is 0 Å². The highest BCUT2D eigenvalue weighted by Crippen LogP contribution is 2.12. The molecule has 0 aromatic heterocycles. The molecule has 2 atom stereocenters. The second-order valence-corrected chi connectivity index (χ2v) is 5.04. The van der Waals surface area contributed by atoms with Crippen LogP contribution in [0.5, 0.6) is 0 Å². The van der Waals surface area contributed by atoms with Crippen molar-refractivity contribution >= 4 is 5.91 Å². The molecule has 1 amide bonds. The molecule has 0 aliphatic carbocycles. The molecule has 0 radical (unpaired) electrons. The molecule has 0 aliphatic heterocycles. The van der Waals surface area contributed by atoms with E-state index in [4.69, 9.17) is 15.7 Å². The summed E-state index contributed by atoms with van der Waals surface area (Å²) >= 11 is 0. The number of hydrogen-bond acceptors (Lipinski definition) is 4. The van der Waals surface area contributed by atoms with Crippen molar-refractivity contribution in [3.8, 4) is 6.07 Å². The number of hydrogen-bond donors (Lipinski definition) is 1. The number of nitrogens with zero attached hydrogens (tertiary/aromatic N) is 2. The van der Waals surface area contributed by atoms with Gasteiger partial charge in [0, 0.05) is 32.2 Å². The molecule has 0 heterocycles. The fraction of sp³-hybridized carbons (Fsp3) is 0.857. The summed E-state index contributed by atoms with van der Waals surface area (Å²) in [6.07, 6.45) is 3.10. The Morgan fingerprint density at radius 1 is 1.37 bits per heavy atom. The van der Waals surface area contributed by atoms with E-state index >= 15 is 0 Å². The molecular weight excluding hydrogens is 242 g/mol. The lowest BCUT2D eigenvalue weighted by molar-refractivity contribution is -0.135. The Bertz CT molecular complexity index is 287. The van der Waals surface area contributed by atoms with Gasteiger partial charge in [-0.2, -0.15) is 5.26 Å². The van der Waals surface area contributed by atoms with Crippen molar-refractivity contribution in [1.29, 1.82) is 5.26 Å². The van der Waals surface area contributed by atoms with Crippen molar-refractivity contribution < 1.29 is 9.53 Å². The molecular formula is C14H27N3O2. The quantitative estimate of drug-likeness (QED) is 0.652. The molecule has 0 spiro atoms. The van der Waals surface area contributed by atoms with Crippen LogP contribution in [0, 0.1) is 17.2 Å². The van der Waals surface area contributed by atoms with Crippen LogP contribution < -0.4 is 5.73 Å². The third-order valence-corrected chi connectivity index (χ3v) is 3.09. The first-order valence-electron chi connectivity index (χ1n) is 6.93. The van der Waals surface area contributed by atoms with Gasteiger partial charge in [-0.3, -0.25) is 4.79 Å². The van der Waals surface area contributed by atoms with Crippen molar-refractivity contribution in [1.82, 2.24) is 4.90 Å². The van der Waals surface area contributed by atoms with Crippen LogP contribution in [0.25, 0.3) is 0 Å². The van der Waals surface area contributed by atoms with Crippen LogP contribution in [-0.4, -0.2) is 43.7 Å². The van der Waals surface area contributed by atoms with Crippen molar-refractivity contribution in [2.75, 3.05) is 26.8 Å². The summed E-state index contributed by atoms with van der Waals surface area (Å²) in [4.78, 5) is 14.0. The number of nitriles is 1. The molecule has 0 aliphatic rings. The Morgan fingerprint density at radius 2 is 2.05 bits per heavy atom. The predicted molar refractivity (Wildman–Crippen MR) is 75.4 cm³/mol. The van der Waals surface area contributed by atoms with Crippen molar-refractivity contribution in [2.24, 2.45) is 11.7 Å². The normalized spacial score (nSPS) is 13.6.